The van der Waals surface area contributed by atoms with E-state index in [-0.39, 0.29) is 0 Å². The van der Waals surface area contributed by atoms with Gasteiger partial charge in [-0.3, -0.25) is 0 Å². The minimum atomic E-state index is 0.730. The summed E-state index contributed by atoms with van der Waals surface area (Å²) in [4.78, 5) is 12.8. The molecule has 0 N–H and O–H groups in total. The molecule has 0 aliphatic carbocycles. The Labute approximate surface area is 336 Å². The van der Waals surface area contributed by atoms with E-state index in [9.17, 15) is 0 Å². The van der Waals surface area contributed by atoms with E-state index in [4.69, 9.17) is 9.97 Å². The van der Waals surface area contributed by atoms with Crippen molar-refractivity contribution in [3.63, 3.8) is 0 Å². The van der Waals surface area contributed by atoms with Gasteiger partial charge in [0, 0.05) is 45.2 Å². The molecule has 0 radical (unpaired) electrons. The highest BCUT2D eigenvalue weighted by Gasteiger charge is 2.19. The summed E-state index contributed by atoms with van der Waals surface area (Å²) in [6, 6.07) is 73.2. The zero-order valence-electron chi connectivity index (χ0n) is 31.4. The van der Waals surface area contributed by atoms with Crippen LogP contribution in [-0.2, 0) is 0 Å². The summed E-state index contributed by atoms with van der Waals surface area (Å²) in [5.41, 5.74) is 15.8. The SMILES string of the molecule is CN(c1cccc(-c2cccc(-c3cccc4c3sc3c(-c5ccc(-c6ccccc6)cc5)nc(-c5ccccc5)nc34)c2)c1)c1ccccc1-c1ccccc1. The van der Waals surface area contributed by atoms with E-state index in [1.54, 1.807) is 11.3 Å². The quantitative estimate of drug-likeness (QED) is 0.155. The third-order valence-corrected chi connectivity index (χ3v) is 12.0. The Balaban J connectivity index is 1.06. The maximum atomic E-state index is 5.26. The fourth-order valence-electron chi connectivity index (χ4n) is 7.78. The average Bonchev–Trinajstić information content (AvgIpc) is 3.68. The Kier molecular flexibility index (Phi) is 8.94. The highest BCUT2D eigenvalue weighted by atomic mass is 32.1. The van der Waals surface area contributed by atoms with Crippen molar-refractivity contribution in [2.24, 2.45) is 0 Å². The number of thiophene rings is 1. The van der Waals surface area contributed by atoms with E-state index >= 15 is 0 Å². The summed E-state index contributed by atoms with van der Waals surface area (Å²) < 4.78 is 2.30. The highest BCUT2D eigenvalue weighted by molar-refractivity contribution is 7.26. The minimum Gasteiger partial charge on any atom is -0.344 e. The molecule has 0 fully saturated rings. The molecule has 10 aromatic rings. The van der Waals surface area contributed by atoms with Crippen LogP contribution in [0.3, 0.4) is 0 Å². The van der Waals surface area contributed by atoms with Crippen LogP contribution in [0.1, 0.15) is 0 Å². The van der Waals surface area contributed by atoms with Gasteiger partial charge in [-0.15, -0.1) is 11.3 Å². The Bertz CT molecular complexity index is 3010. The highest BCUT2D eigenvalue weighted by Crippen LogP contribution is 2.44. The number of anilines is 2. The third-order valence-electron chi connectivity index (χ3n) is 10.7. The molecule has 0 aliphatic heterocycles. The predicted octanol–water partition coefficient (Wildman–Crippen LogP) is 14.6. The van der Waals surface area contributed by atoms with Crippen LogP contribution in [0.5, 0.6) is 0 Å². The minimum absolute atomic E-state index is 0.730. The van der Waals surface area contributed by atoms with Gasteiger partial charge in [0.15, 0.2) is 5.82 Å². The molecule has 0 aliphatic rings. The van der Waals surface area contributed by atoms with Gasteiger partial charge in [-0.1, -0.05) is 182 Å². The van der Waals surface area contributed by atoms with Crippen molar-refractivity contribution in [1.29, 1.82) is 0 Å². The lowest BCUT2D eigenvalue weighted by Gasteiger charge is -2.23. The van der Waals surface area contributed by atoms with Gasteiger partial charge < -0.3 is 4.90 Å². The van der Waals surface area contributed by atoms with Gasteiger partial charge >= 0.3 is 0 Å². The van der Waals surface area contributed by atoms with Crippen molar-refractivity contribution in [2.45, 2.75) is 0 Å². The largest absolute Gasteiger partial charge is 0.344 e. The molecule has 0 bridgehead atoms. The molecule has 3 nitrogen and oxygen atoms in total. The number of para-hydroxylation sites is 1. The summed E-state index contributed by atoms with van der Waals surface area (Å²) in [5.74, 6) is 0.730. The van der Waals surface area contributed by atoms with E-state index < -0.39 is 0 Å². The summed E-state index contributed by atoms with van der Waals surface area (Å²) in [6.07, 6.45) is 0. The standard InChI is InChI=1S/C53H37N3S/c1-56(48-29-12-11-26-45(48)38-18-7-3-8-19-38)44-25-14-23-42(35-44)41-22-13-24-43(34-41)46-27-15-28-47-50-52(57-51(46)47)49(54-53(55-50)40-20-9-4-10-21-40)39-32-30-37(31-33-39)36-16-5-2-6-17-36/h2-35H,1H3. The van der Waals surface area contributed by atoms with Gasteiger partial charge in [0.2, 0.25) is 0 Å². The molecule has 2 heterocycles. The Morgan fingerprint density at radius 2 is 0.930 bits per heavy atom. The van der Waals surface area contributed by atoms with Crippen LogP contribution in [0.25, 0.3) is 87.5 Å². The summed E-state index contributed by atoms with van der Waals surface area (Å²) in [6.45, 7) is 0. The first-order valence-electron chi connectivity index (χ1n) is 19.2. The maximum absolute atomic E-state index is 5.26. The van der Waals surface area contributed by atoms with Crippen LogP contribution < -0.4 is 4.90 Å². The first-order valence-corrected chi connectivity index (χ1v) is 20.0. The van der Waals surface area contributed by atoms with Crippen LogP contribution >= 0.6 is 11.3 Å². The summed E-state index contributed by atoms with van der Waals surface area (Å²) >= 11 is 1.78. The number of hydrogen-bond acceptors (Lipinski definition) is 4. The monoisotopic (exact) mass is 747 g/mol. The van der Waals surface area contributed by atoms with E-state index in [0.29, 0.717) is 0 Å². The lowest BCUT2D eigenvalue weighted by molar-refractivity contribution is 1.21. The molecule has 2 aromatic heterocycles. The molecule has 0 spiro atoms. The topological polar surface area (TPSA) is 29.0 Å². The zero-order valence-corrected chi connectivity index (χ0v) is 32.2. The number of benzene rings is 8. The number of rotatable bonds is 8. The van der Waals surface area contributed by atoms with Crippen LogP contribution in [0.15, 0.2) is 206 Å². The normalized spacial score (nSPS) is 11.2. The van der Waals surface area contributed by atoms with Gasteiger partial charge in [0.25, 0.3) is 0 Å². The number of hydrogen-bond donors (Lipinski definition) is 0. The first-order chi connectivity index (χ1) is 28.2. The van der Waals surface area contributed by atoms with Gasteiger partial charge in [0.05, 0.1) is 15.9 Å². The van der Waals surface area contributed by atoms with Crippen molar-refractivity contribution in [2.75, 3.05) is 11.9 Å². The van der Waals surface area contributed by atoms with Crippen molar-refractivity contribution in [3.8, 4) is 67.2 Å². The van der Waals surface area contributed by atoms with E-state index in [0.717, 1.165) is 49.6 Å². The van der Waals surface area contributed by atoms with Crippen LogP contribution in [0.4, 0.5) is 11.4 Å². The molecule has 0 saturated heterocycles. The second-order valence-corrected chi connectivity index (χ2v) is 15.3. The van der Waals surface area contributed by atoms with Crippen molar-refractivity contribution in [1.82, 2.24) is 9.97 Å². The molecular formula is C53H37N3S. The van der Waals surface area contributed by atoms with Crippen LogP contribution in [0, 0.1) is 0 Å². The molecule has 4 heteroatoms. The average molecular weight is 748 g/mol. The van der Waals surface area contributed by atoms with E-state index in [1.165, 1.54) is 49.2 Å². The fraction of sp³-hybridized carbons (Fsp3) is 0.0189. The van der Waals surface area contributed by atoms with E-state index in [2.05, 4.69) is 200 Å². The van der Waals surface area contributed by atoms with Crippen molar-refractivity contribution in [3.05, 3.63) is 206 Å². The second-order valence-electron chi connectivity index (χ2n) is 14.2. The zero-order chi connectivity index (χ0) is 38.1. The lowest BCUT2D eigenvalue weighted by Crippen LogP contribution is -2.10. The Morgan fingerprint density at radius 1 is 0.386 bits per heavy atom. The maximum Gasteiger partial charge on any atom is 0.160 e. The lowest BCUT2D eigenvalue weighted by atomic mass is 9.97. The second kappa shape index (κ2) is 14.8. The van der Waals surface area contributed by atoms with Gasteiger partial charge in [-0.2, -0.15) is 0 Å². The molecule has 8 aromatic carbocycles. The molecule has 270 valence electrons. The summed E-state index contributed by atoms with van der Waals surface area (Å²) in [5, 5.41) is 1.14. The Morgan fingerprint density at radius 3 is 1.68 bits per heavy atom. The van der Waals surface area contributed by atoms with Crippen molar-refractivity contribution < 1.29 is 0 Å². The van der Waals surface area contributed by atoms with Crippen LogP contribution in [0.2, 0.25) is 0 Å². The molecule has 0 saturated carbocycles. The molecule has 0 atom stereocenters. The number of nitrogens with zero attached hydrogens (tertiary/aromatic N) is 3. The van der Waals surface area contributed by atoms with Crippen molar-refractivity contribution >= 4 is 43.0 Å². The van der Waals surface area contributed by atoms with E-state index in [1.807, 2.05) is 18.2 Å². The van der Waals surface area contributed by atoms with Gasteiger partial charge in [-0.25, -0.2) is 9.97 Å². The number of fused-ring (bicyclic) bond motifs is 3. The Hall–Kier alpha value is -7.14. The van der Waals surface area contributed by atoms with Gasteiger partial charge in [-0.05, 0) is 63.2 Å². The molecule has 57 heavy (non-hydrogen) atoms. The molecular weight excluding hydrogens is 711 g/mol. The predicted molar refractivity (Wildman–Crippen MR) is 242 cm³/mol. The molecule has 10 rings (SSSR count). The van der Waals surface area contributed by atoms with Crippen LogP contribution in [-0.4, -0.2) is 17.0 Å². The summed E-state index contributed by atoms with van der Waals surface area (Å²) in [7, 11) is 2.15. The third kappa shape index (κ3) is 6.56. The first kappa shape index (κ1) is 34.4. The molecule has 0 unspecified atom stereocenters. The fourth-order valence-corrected chi connectivity index (χ4v) is 9.07. The number of aromatic nitrogens is 2. The van der Waals surface area contributed by atoms with Gasteiger partial charge in [0.1, 0.15) is 0 Å². The molecule has 0 amide bonds. The smallest absolute Gasteiger partial charge is 0.160 e.